The quantitative estimate of drug-likeness (QED) is 0.225. The van der Waals surface area contributed by atoms with E-state index in [-0.39, 0.29) is 5.97 Å². The standard InChI is InChI=1S/C19H33N2O2/c1-3-19(22)23-17-13-11-9-7-5-4-6-8-10-12-14-21-16-15-20(2)18-21/h3,15-16,18H,1,4-14,17H2,2H3/q+1. The van der Waals surface area contributed by atoms with Crippen molar-refractivity contribution < 1.29 is 14.1 Å². The average molecular weight is 321 g/mol. The van der Waals surface area contributed by atoms with Gasteiger partial charge in [-0.1, -0.05) is 51.5 Å². The molecular weight excluding hydrogens is 288 g/mol. The van der Waals surface area contributed by atoms with Gasteiger partial charge in [-0.15, -0.1) is 0 Å². The summed E-state index contributed by atoms with van der Waals surface area (Å²) in [5.41, 5.74) is 0. The van der Waals surface area contributed by atoms with E-state index in [1.54, 1.807) is 0 Å². The van der Waals surface area contributed by atoms with Gasteiger partial charge < -0.3 is 4.74 Å². The lowest BCUT2D eigenvalue weighted by Crippen LogP contribution is -2.23. The van der Waals surface area contributed by atoms with Gasteiger partial charge in [-0.3, -0.25) is 0 Å². The van der Waals surface area contributed by atoms with Crippen LogP contribution < -0.4 is 4.57 Å². The predicted molar refractivity (Wildman–Crippen MR) is 92.9 cm³/mol. The second kappa shape index (κ2) is 12.9. The summed E-state index contributed by atoms with van der Waals surface area (Å²) in [6.45, 7) is 5.04. The maximum atomic E-state index is 10.8. The number of esters is 1. The Morgan fingerprint density at radius 1 is 1.04 bits per heavy atom. The number of carbonyl (C=O) groups is 1. The highest BCUT2D eigenvalue weighted by atomic mass is 16.5. The fraction of sp³-hybridized carbons (Fsp3) is 0.684. The lowest BCUT2D eigenvalue weighted by molar-refractivity contribution is -0.671. The van der Waals surface area contributed by atoms with Crippen molar-refractivity contribution in [3.63, 3.8) is 0 Å². The molecule has 0 aliphatic rings. The number of hydrogen-bond acceptors (Lipinski definition) is 2. The van der Waals surface area contributed by atoms with Crippen molar-refractivity contribution in [1.82, 2.24) is 4.57 Å². The first kappa shape index (κ1) is 19.5. The Bertz CT molecular complexity index is 440. The Morgan fingerprint density at radius 3 is 2.13 bits per heavy atom. The van der Waals surface area contributed by atoms with Gasteiger partial charge in [0.2, 0.25) is 6.33 Å². The molecule has 23 heavy (non-hydrogen) atoms. The normalized spacial score (nSPS) is 10.7. The van der Waals surface area contributed by atoms with Crippen LogP contribution in [-0.4, -0.2) is 17.1 Å². The first-order valence-corrected chi connectivity index (χ1v) is 9.02. The van der Waals surface area contributed by atoms with Gasteiger partial charge in [0.15, 0.2) is 0 Å². The SMILES string of the molecule is C=CC(=O)OCCCCCCCCCCCCn1cc[n+](C)c1. The molecule has 0 atom stereocenters. The molecule has 1 aromatic rings. The molecule has 0 saturated carbocycles. The van der Waals surface area contributed by atoms with E-state index >= 15 is 0 Å². The Kier molecular flexibility index (Phi) is 10.9. The fourth-order valence-electron chi connectivity index (χ4n) is 2.68. The molecule has 0 spiro atoms. The highest BCUT2D eigenvalue weighted by molar-refractivity contribution is 5.81. The summed E-state index contributed by atoms with van der Waals surface area (Å²) in [6, 6.07) is 0. The Balaban J connectivity index is 1.76. The maximum Gasteiger partial charge on any atom is 0.330 e. The van der Waals surface area contributed by atoms with Gasteiger partial charge in [0.05, 0.1) is 20.2 Å². The topological polar surface area (TPSA) is 35.1 Å². The smallest absolute Gasteiger partial charge is 0.330 e. The van der Waals surface area contributed by atoms with Crippen LogP contribution >= 0.6 is 0 Å². The number of aromatic nitrogens is 2. The minimum atomic E-state index is -0.310. The van der Waals surface area contributed by atoms with Crippen LogP contribution in [0.15, 0.2) is 31.4 Å². The lowest BCUT2D eigenvalue weighted by atomic mass is 10.1. The minimum absolute atomic E-state index is 0.310. The number of hydrogen-bond donors (Lipinski definition) is 0. The highest BCUT2D eigenvalue weighted by Gasteiger charge is 1.99. The maximum absolute atomic E-state index is 10.8. The summed E-state index contributed by atoms with van der Waals surface area (Å²) in [4.78, 5) is 10.8. The highest BCUT2D eigenvalue weighted by Crippen LogP contribution is 2.11. The van der Waals surface area contributed by atoms with E-state index in [1.807, 2.05) is 0 Å². The first-order valence-electron chi connectivity index (χ1n) is 9.02. The molecule has 0 N–H and O–H groups in total. The second-order valence-electron chi connectivity index (χ2n) is 6.22. The third kappa shape index (κ3) is 10.7. The average Bonchev–Trinajstić information content (AvgIpc) is 2.97. The van der Waals surface area contributed by atoms with Crippen molar-refractivity contribution >= 4 is 5.97 Å². The molecule has 0 bridgehead atoms. The zero-order chi connectivity index (χ0) is 16.8. The largest absolute Gasteiger partial charge is 0.463 e. The molecule has 1 heterocycles. The van der Waals surface area contributed by atoms with Gasteiger partial charge in [-0.25, -0.2) is 13.9 Å². The number of unbranched alkanes of at least 4 members (excludes halogenated alkanes) is 9. The summed E-state index contributed by atoms with van der Waals surface area (Å²) < 4.78 is 9.29. The molecule has 0 fully saturated rings. The molecule has 0 radical (unpaired) electrons. The summed E-state index contributed by atoms with van der Waals surface area (Å²) >= 11 is 0. The summed E-state index contributed by atoms with van der Waals surface area (Å²) in [5.74, 6) is -0.310. The number of nitrogens with zero attached hydrogens (tertiary/aromatic N) is 2. The Hall–Kier alpha value is -1.58. The molecule has 1 aromatic heterocycles. The molecule has 0 aliphatic carbocycles. The van der Waals surface area contributed by atoms with Crippen molar-refractivity contribution in [1.29, 1.82) is 0 Å². The third-order valence-electron chi connectivity index (χ3n) is 4.05. The fourth-order valence-corrected chi connectivity index (χ4v) is 2.68. The van der Waals surface area contributed by atoms with E-state index in [1.165, 1.54) is 57.4 Å². The van der Waals surface area contributed by atoms with Crippen molar-refractivity contribution in [2.75, 3.05) is 6.61 Å². The molecule has 0 unspecified atom stereocenters. The van der Waals surface area contributed by atoms with E-state index in [0.717, 1.165) is 19.4 Å². The molecule has 4 nitrogen and oxygen atoms in total. The van der Waals surface area contributed by atoms with Crippen LogP contribution in [0.5, 0.6) is 0 Å². The summed E-state index contributed by atoms with van der Waals surface area (Å²) in [7, 11) is 2.06. The number of carbonyl (C=O) groups excluding carboxylic acids is 1. The van der Waals surface area contributed by atoms with E-state index in [0.29, 0.717) is 6.61 Å². The van der Waals surface area contributed by atoms with E-state index < -0.39 is 0 Å². The predicted octanol–water partition coefficient (Wildman–Crippen LogP) is 3.94. The zero-order valence-corrected chi connectivity index (χ0v) is 14.7. The van der Waals surface area contributed by atoms with Crippen LogP contribution in [0.25, 0.3) is 0 Å². The molecule has 0 aliphatic heterocycles. The molecule has 130 valence electrons. The van der Waals surface area contributed by atoms with E-state index in [4.69, 9.17) is 4.74 Å². The lowest BCUT2D eigenvalue weighted by Gasteiger charge is -2.03. The molecule has 1 rings (SSSR count). The minimum Gasteiger partial charge on any atom is -0.463 e. The zero-order valence-electron chi connectivity index (χ0n) is 14.7. The van der Waals surface area contributed by atoms with Crippen LogP contribution in [0.4, 0.5) is 0 Å². The van der Waals surface area contributed by atoms with Crippen molar-refractivity contribution in [2.24, 2.45) is 7.05 Å². The van der Waals surface area contributed by atoms with Crippen LogP contribution in [0, 0.1) is 0 Å². The molecule has 4 heteroatoms. The first-order chi connectivity index (χ1) is 11.2. The van der Waals surface area contributed by atoms with Crippen LogP contribution in [0.2, 0.25) is 0 Å². The van der Waals surface area contributed by atoms with Crippen molar-refractivity contribution in [2.45, 2.75) is 70.8 Å². The van der Waals surface area contributed by atoms with Gasteiger partial charge in [-0.2, -0.15) is 0 Å². The number of rotatable bonds is 14. The van der Waals surface area contributed by atoms with Crippen molar-refractivity contribution in [3.05, 3.63) is 31.4 Å². The van der Waals surface area contributed by atoms with Gasteiger partial charge in [0, 0.05) is 6.08 Å². The Labute approximate surface area is 141 Å². The summed E-state index contributed by atoms with van der Waals surface area (Å²) in [6.07, 6.45) is 20.2. The molecule has 0 aromatic carbocycles. The number of aryl methyl sites for hydroxylation is 2. The van der Waals surface area contributed by atoms with E-state index in [9.17, 15) is 4.79 Å². The monoisotopic (exact) mass is 321 g/mol. The molecular formula is C19H33N2O2+. The van der Waals surface area contributed by atoms with Crippen LogP contribution in [0.1, 0.15) is 64.2 Å². The number of ether oxygens (including phenoxy) is 1. The van der Waals surface area contributed by atoms with Gasteiger partial charge in [0.1, 0.15) is 12.4 Å². The molecule has 0 saturated heterocycles. The number of imidazole rings is 1. The summed E-state index contributed by atoms with van der Waals surface area (Å²) in [5, 5.41) is 0. The van der Waals surface area contributed by atoms with Crippen LogP contribution in [0.3, 0.4) is 0 Å². The molecule has 0 amide bonds. The van der Waals surface area contributed by atoms with Gasteiger partial charge in [0.25, 0.3) is 0 Å². The van der Waals surface area contributed by atoms with Gasteiger partial charge in [-0.05, 0) is 19.3 Å². The van der Waals surface area contributed by atoms with E-state index in [2.05, 4.69) is 41.5 Å². The van der Waals surface area contributed by atoms with Crippen molar-refractivity contribution in [3.8, 4) is 0 Å². The van der Waals surface area contributed by atoms with Crippen LogP contribution in [-0.2, 0) is 23.1 Å². The Morgan fingerprint density at radius 2 is 1.61 bits per heavy atom. The second-order valence-corrected chi connectivity index (χ2v) is 6.22. The van der Waals surface area contributed by atoms with Gasteiger partial charge >= 0.3 is 5.97 Å². The third-order valence-corrected chi connectivity index (χ3v) is 4.05.